The summed E-state index contributed by atoms with van der Waals surface area (Å²) in [6.45, 7) is 0.149. The highest BCUT2D eigenvalue weighted by molar-refractivity contribution is 5.94. The van der Waals surface area contributed by atoms with Gasteiger partial charge in [0, 0.05) is 27.4 Å². The van der Waals surface area contributed by atoms with Gasteiger partial charge < -0.3 is 29.6 Å². The van der Waals surface area contributed by atoms with Crippen LogP contribution in [0.25, 0.3) is 11.2 Å². The smallest absolute Gasteiger partial charge is 0.274 e. The van der Waals surface area contributed by atoms with Gasteiger partial charge in [-0.2, -0.15) is 0 Å². The summed E-state index contributed by atoms with van der Waals surface area (Å²) in [5, 5.41) is 15.2. The molecule has 0 aliphatic heterocycles. The number of ether oxygens (including phenoxy) is 1. The highest BCUT2D eigenvalue weighted by Crippen LogP contribution is 2.33. The van der Waals surface area contributed by atoms with Gasteiger partial charge in [0.05, 0.1) is 18.3 Å². The topological polar surface area (TPSA) is 167 Å². The summed E-state index contributed by atoms with van der Waals surface area (Å²) in [5.74, 6) is 0.492. The van der Waals surface area contributed by atoms with Crippen LogP contribution in [0.5, 0.6) is 0 Å². The minimum atomic E-state index is -1.39. The predicted octanol–water partition coefficient (Wildman–Crippen LogP) is 0.759. The number of fused-ring (bicyclic) bond motifs is 1. The highest BCUT2D eigenvalue weighted by atomic mass is 16.6. The maximum absolute atomic E-state index is 13.2. The van der Waals surface area contributed by atoms with Crippen molar-refractivity contribution in [3.8, 4) is 0 Å². The van der Waals surface area contributed by atoms with Crippen LogP contribution in [0.15, 0.2) is 41.6 Å². The van der Waals surface area contributed by atoms with E-state index >= 15 is 0 Å². The summed E-state index contributed by atoms with van der Waals surface area (Å²) in [6, 6.07) is 2.26. The molecule has 4 N–H and O–H groups in total. The van der Waals surface area contributed by atoms with E-state index in [1.165, 1.54) is 47.9 Å². The number of hydrogen-bond acceptors (Lipinski definition) is 9. The van der Waals surface area contributed by atoms with Gasteiger partial charge in [-0.05, 0) is 56.2 Å². The Labute approximate surface area is 225 Å². The van der Waals surface area contributed by atoms with Crippen LogP contribution in [0.2, 0.25) is 0 Å². The molecule has 1 aliphatic rings. The quantitative estimate of drug-likeness (QED) is 0.181. The number of carbonyl (C=O) groups is 2. The first-order valence-corrected chi connectivity index (χ1v) is 12.8. The number of amides is 2. The van der Waals surface area contributed by atoms with Crippen molar-refractivity contribution in [2.24, 2.45) is 5.92 Å². The third kappa shape index (κ3) is 7.56. The highest BCUT2D eigenvalue weighted by Gasteiger charge is 2.24. The Morgan fingerprint density at radius 2 is 2.13 bits per heavy atom. The maximum atomic E-state index is 13.2. The number of anilines is 1. The summed E-state index contributed by atoms with van der Waals surface area (Å²) in [4.78, 5) is 55.8. The average molecular weight is 539 g/mol. The van der Waals surface area contributed by atoms with Crippen LogP contribution < -0.4 is 16.2 Å². The first kappa shape index (κ1) is 28.1. The number of aliphatic hydroxyl groups excluding tert-OH is 1. The van der Waals surface area contributed by atoms with Gasteiger partial charge in [-0.1, -0.05) is 6.08 Å². The van der Waals surface area contributed by atoms with Crippen molar-refractivity contribution in [1.82, 2.24) is 34.7 Å². The van der Waals surface area contributed by atoms with Crippen LogP contribution in [0.1, 0.15) is 37.2 Å². The van der Waals surface area contributed by atoms with E-state index in [4.69, 9.17) is 4.74 Å². The number of aliphatic hydroxyl groups is 1. The Bertz CT molecular complexity index is 1390. The van der Waals surface area contributed by atoms with Crippen LogP contribution in [0.4, 0.5) is 5.69 Å². The number of nitrogens with one attached hydrogen (secondary N) is 3. The Morgan fingerprint density at radius 1 is 1.33 bits per heavy atom. The first-order valence-electron chi connectivity index (χ1n) is 12.8. The second-order valence-electron chi connectivity index (χ2n) is 9.71. The molecule has 3 aromatic rings. The molecule has 2 atom stereocenters. The molecule has 0 saturated heterocycles. The number of nitrogens with zero attached hydrogens (tertiary/aromatic N) is 5. The lowest BCUT2D eigenvalue weighted by molar-refractivity contribution is -0.129. The van der Waals surface area contributed by atoms with E-state index in [9.17, 15) is 19.5 Å². The first-order chi connectivity index (χ1) is 18.7. The Morgan fingerprint density at radius 3 is 2.85 bits per heavy atom. The zero-order valence-electron chi connectivity index (χ0n) is 22.3. The molecule has 208 valence electrons. The van der Waals surface area contributed by atoms with E-state index < -0.39 is 23.9 Å². The van der Waals surface area contributed by atoms with Crippen LogP contribution >= 0.6 is 0 Å². The fraction of sp³-hybridized carbons (Fsp3) is 0.462. The van der Waals surface area contributed by atoms with E-state index in [1.807, 2.05) is 0 Å². The van der Waals surface area contributed by atoms with Crippen LogP contribution in [0.3, 0.4) is 0 Å². The van der Waals surface area contributed by atoms with Crippen molar-refractivity contribution in [1.29, 1.82) is 0 Å². The molecular weight excluding hydrogens is 504 g/mol. The number of pyridine rings is 1. The summed E-state index contributed by atoms with van der Waals surface area (Å²) >= 11 is 0. The molecule has 1 aliphatic carbocycles. The molecule has 1 fully saturated rings. The fourth-order valence-corrected chi connectivity index (χ4v) is 4.01. The molecule has 0 radical (unpaired) electrons. The molecule has 3 aromatic heterocycles. The molecule has 0 spiro atoms. The molecule has 2 amide bonds. The van der Waals surface area contributed by atoms with Gasteiger partial charge in [-0.3, -0.25) is 19.7 Å². The maximum Gasteiger partial charge on any atom is 0.274 e. The van der Waals surface area contributed by atoms with E-state index in [0.717, 1.165) is 17.6 Å². The lowest BCUT2D eigenvalue weighted by atomic mass is 10.1. The number of imidazole rings is 1. The van der Waals surface area contributed by atoms with Gasteiger partial charge in [-0.25, -0.2) is 15.0 Å². The van der Waals surface area contributed by atoms with Crippen molar-refractivity contribution in [2.75, 3.05) is 26.5 Å². The SMILES string of the molecule is COC(O)N[C@@H](CC/C=C/C(=O)N(C)C)C(=O)Nc1cccn(Cc2nc3ncnc(CC4CC4)c3[nH]2)c1=O. The summed E-state index contributed by atoms with van der Waals surface area (Å²) in [5.41, 5.74) is 1.92. The third-order valence-electron chi connectivity index (χ3n) is 6.40. The molecule has 1 saturated carbocycles. The van der Waals surface area contributed by atoms with Crippen molar-refractivity contribution in [2.45, 2.75) is 51.1 Å². The third-order valence-corrected chi connectivity index (χ3v) is 6.40. The summed E-state index contributed by atoms with van der Waals surface area (Å²) in [6.07, 6.45) is 8.68. The van der Waals surface area contributed by atoms with Gasteiger partial charge in [0.1, 0.15) is 23.4 Å². The van der Waals surface area contributed by atoms with E-state index in [0.29, 0.717) is 23.8 Å². The predicted molar refractivity (Wildman–Crippen MR) is 144 cm³/mol. The van der Waals surface area contributed by atoms with Gasteiger partial charge in [0.25, 0.3) is 5.56 Å². The monoisotopic (exact) mass is 538 g/mol. The van der Waals surface area contributed by atoms with E-state index in [1.54, 1.807) is 32.4 Å². The van der Waals surface area contributed by atoms with Crippen molar-refractivity contribution in [3.05, 3.63) is 58.7 Å². The zero-order chi connectivity index (χ0) is 27.9. The Hall–Kier alpha value is -3.94. The molecule has 39 heavy (non-hydrogen) atoms. The van der Waals surface area contributed by atoms with Gasteiger partial charge in [-0.15, -0.1) is 0 Å². The number of likely N-dealkylation sites (N-methyl/N-ethyl adjacent to an activating group) is 1. The molecule has 0 bridgehead atoms. The molecule has 1 unspecified atom stereocenters. The number of allylic oxidation sites excluding steroid dienone is 1. The number of aromatic nitrogens is 5. The number of carbonyl (C=O) groups excluding carboxylic acids is 2. The second kappa shape index (κ2) is 12.7. The number of H-pyrrole nitrogens is 1. The fourth-order valence-electron chi connectivity index (χ4n) is 4.01. The molecule has 4 rings (SSSR count). The minimum Gasteiger partial charge on any atom is -0.356 e. The van der Waals surface area contributed by atoms with Crippen molar-refractivity contribution < 1.29 is 19.4 Å². The van der Waals surface area contributed by atoms with Crippen LogP contribution in [-0.4, -0.2) is 80.0 Å². The normalized spacial score (nSPS) is 15.0. The van der Waals surface area contributed by atoms with Gasteiger partial charge >= 0.3 is 0 Å². The van der Waals surface area contributed by atoms with Crippen LogP contribution in [0, 0.1) is 5.92 Å². The molecule has 0 aromatic carbocycles. The van der Waals surface area contributed by atoms with E-state index in [2.05, 4.69) is 30.6 Å². The molecule has 3 heterocycles. The van der Waals surface area contributed by atoms with Gasteiger partial charge in [0.15, 0.2) is 5.65 Å². The van der Waals surface area contributed by atoms with Crippen LogP contribution in [-0.2, 0) is 27.3 Å². The molecular formula is C26H34N8O5. The molecule has 13 heteroatoms. The van der Waals surface area contributed by atoms with E-state index in [-0.39, 0.29) is 24.6 Å². The minimum absolute atomic E-state index is 0.0739. The number of hydrogen-bond donors (Lipinski definition) is 4. The number of rotatable bonds is 13. The summed E-state index contributed by atoms with van der Waals surface area (Å²) in [7, 11) is 4.57. The largest absolute Gasteiger partial charge is 0.356 e. The molecule has 13 nitrogen and oxygen atoms in total. The van der Waals surface area contributed by atoms with Gasteiger partial charge in [0.2, 0.25) is 18.2 Å². The standard InChI is InChI=1S/C26H34N8O5/c1-33(2)21(35)9-5-4-7-17(30-26(38)39-3)24(36)29-18-8-6-12-34(25(18)37)14-20-31-22-19(13-16-10-11-16)27-15-28-23(22)32-20/h5-6,8-9,12,15-17,26,30,38H,4,7,10-11,13-14H2,1-3H3,(H,29,36)(H,27,28,31,32)/b9-5+/t17-,26?/m0/s1. The Kier molecular flexibility index (Phi) is 9.17. The number of aromatic amines is 1. The zero-order valence-corrected chi connectivity index (χ0v) is 22.3. The lowest BCUT2D eigenvalue weighted by Crippen LogP contribution is -2.47. The average Bonchev–Trinajstić information content (AvgIpc) is 3.63. The number of methoxy groups -OCH3 is 1. The second-order valence-corrected chi connectivity index (χ2v) is 9.71. The van der Waals surface area contributed by atoms with Crippen molar-refractivity contribution >= 4 is 28.7 Å². The Balaban J connectivity index is 1.46. The summed E-state index contributed by atoms with van der Waals surface area (Å²) < 4.78 is 6.26. The van der Waals surface area contributed by atoms with Crippen molar-refractivity contribution in [3.63, 3.8) is 0 Å². The lowest BCUT2D eigenvalue weighted by Gasteiger charge is -2.20.